The van der Waals surface area contributed by atoms with Gasteiger partial charge < -0.3 is 23.7 Å². The first-order valence-electron chi connectivity index (χ1n) is 14.2. The first-order valence-corrected chi connectivity index (χ1v) is 15.5. The molecule has 8 nitrogen and oxygen atoms in total. The van der Waals surface area contributed by atoms with E-state index >= 15 is 4.39 Å². The molecule has 0 amide bonds. The van der Waals surface area contributed by atoms with Gasteiger partial charge in [-0.05, 0) is 63.6 Å². The minimum Gasteiger partial charge on any atom is -0.497 e. The van der Waals surface area contributed by atoms with Crippen molar-refractivity contribution in [2.75, 3.05) is 26.1 Å². The number of esters is 1. The van der Waals surface area contributed by atoms with E-state index in [9.17, 15) is 14.1 Å². The van der Waals surface area contributed by atoms with Crippen LogP contribution < -0.4 is 9.47 Å². The Hall–Kier alpha value is -3.76. The summed E-state index contributed by atoms with van der Waals surface area (Å²) in [4.78, 5) is 16.4. The second kappa shape index (κ2) is 14.1. The van der Waals surface area contributed by atoms with Crippen LogP contribution >= 0.6 is 0 Å². The topological polar surface area (TPSA) is 108 Å². The molecule has 4 aromatic rings. The van der Waals surface area contributed by atoms with Gasteiger partial charge in [-0.3, -0.25) is 14.0 Å². The van der Waals surface area contributed by atoms with Crippen molar-refractivity contribution in [2.24, 2.45) is 0 Å². The molecule has 10 heteroatoms. The lowest BCUT2D eigenvalue weighted by Gasteiger charge is -2.17. The Bertz CT molecular complexity index is 1610. The summed E-state index contributed by atoms with van der Waals surface area (Å²) >= 11 is 0. The quantitative estimate of drug-likeness (QED) is 0.185. The van der Waals surface area contributed by atoms with Crippen LogP contribution in [0.2, 0.25) is 0 Å². The van der Waals surface area contributed by atoms with Crippen LogP contribution in [0.15, 0.2) is 53.1 Å². The SMILES string of the molecule is CCOC(=O)Cc1ccc(OC)cc1OCc1cc(-c2ccnc(CC[S@@](=O)C(C)(C)C)c2F)c2oc(CCO)cc2c1. The van der Waals surface area contributed by atoms with Crippen LogP contribution in [0.1, 0.15) is 50.3 Å². The Balaban J connectivity index is 1.71. The Morgan fingerprint density at radius 3 is 2.58 bits per heavy atom. The molecule has 0 saturated carbocycles. The van der Waals surface area contributed by atoms with Crippen LogP contribution in [0.25, 0.3) is 22.1 Å². The van der Waals surface area contributed by atoms with Gasteiger partial charge in [0.2, 0.25) is 0 Å². The van der Waals surface area contributed by atoms with Crippen LogP contribution in [0.4, 0.5) is 4.39 Å². The van der Waals surface area contributed by atoms with Gasteiger partial charge in [0.1, 0.15) is 29.4 Å². The van der Waals surface area contributed by atoms with Crippen molar-refractivity contribution in [3.63, 3.8) is 0 Å². The molecule has 0 spiro atoms. The number of carbonyl (C=O) groups excluding carboxylic acids is 1. The van der Waals surface area contributed by atoms with Crippen molar-refractivity contribution in [3.8, 4) is 22.6 Å². The Kier molecular flexibility index (Phi) is 10.6. The average Bonchev–Trinajstić information content (AvgIpc) is 3.38. The minimum absolute atomic E-state index is 0.0364. The van der Waals surface area contributed by atoms with Gasteiger partial charge in [0, 0.05) is 68.5 Å². The molecule has 0 saturated heterocycles. The van der Waals surface area contributed by atoms with Crippen LogP contribution in [0.5, 0.6) is 11.5 Å². The summed E-state index contributed by atoms with van der Waals surface area (Å²) < 4.78 is 50.9. The van der Waals surface area contributed by atoms with Gasteiger partial charge in [0.15, 0.2) is 5.82 Å². The second-order valence-electron chi connectivity index (χ2n) is 11.0. The molecule has 0 aliphatic carbocycles. The maximum Gasteiger partial charge on any atom is 0.310 e. The first kappa shape index (κ1) is 32.2. The average molecular weight is 612 g/mol. The lowest BCUT2D eigenvalue weighted by molar-refractivity contribution is -0.142. The molecule has 0 aliphatic rings. The monoisotopic (exact) mass is 611 g/mol. The van der Waals surface area contributed by atoms with Crippen LogP contribution in [0.3, 0.4) is 0 Å². The van der Waals surface area contributed by atoms with Gasteiger partial charge in [0.25, 0.3) is 0 Å². The predicted molar refractivity (Wildman–Crippen MR) is 164 cm³/mol. The van der Waals surface area contributed by atoms with E-state index in [1.165, 1.54) is 6.20 Å². The normalized spacial score (nSPS) is 12.3. The van der Waals surface area contributed by atoms with Crippen molar-refractivity contribution < 1.29 is 37.1 Å². The number of methoxy groups -OCH3 is 1. The summed E-state index contributed by atoms with van der Waals surface area (Å²) in [5.74, 6) is 1.02. The van der Waals surface area contributed by atoms with Crippen molar-refractivity contribution in [3.05, 3.63) is 77.1 Å². The molecule has 0 unspecified atom stereocenters. The highest BCUT2D eigenvalue weighted by atomic mass is 32.2. The van der Waals surface area contributed by atoms with Gasteiger partial charge >= 0.3 is 5.97 Å². The van der Waals surface area contributed by atoms with E-state index in [0.29, 0.717) is 46.0 Å². The Labute approximate surface area is 253 Å². The zero-order valence-electron chi connectivity index (χ0n) is 25.2. The molecular weight excluding hydrogens is 573 g/mol. The fourth-order valence-electron chi connectivity index (χ4n) is 4.62. The zero-order valence-corrected chi connectivity index (χ0v) is 26.0. The number of aliphatic hydroxyl groups excluding tert-OH is 1. The number of nitrogens with zero attached hydrogens (tertiary/aromatic N) is 1. The number of hydrogen-bond acceptors (Lipinski definition) is 8. The van der Waals surface area contributed by atoms with Gasteiger partial charge in [-0.25, -0.2) is 4.39 Å². The van der Waals surface area contributed by atoms with E-state index in [1.807, 2.05) is 32.9 Å². The molecule has 2 aromatic carbocycles. The summed E-state index contributed by atoms with van der Waals surface area (Å²) in [6.07, 6.45) is 2.11. The number of halogens is 1. The van der Waals surface area contributed by atoms with E-state index in [-0.39, 0.29) is 50.1 Å². The molecule has 230 valence electrons. The van der Waals surface area contributed by atoms with Gasteiger partial charge in [0.05, 0.1) is 32.4 Å². The van der Waals surface area contributed by atoms with Crippen LogP contribution in [-0.4, -0.2) is 51.1 Å². The summed E-state index contributed by atoms with van der Waals surface area (Å²) in [7, 11) is 0.391. The second-order valence-corrected chi connectivity index (χ2v) is 13.3. The number of aromatic nitrogens is 1. The van der Waals surface area contributed by atoms with Crippen LogP contribution in [-0.2, 0) is 46.2 Å². The highest BCUT2D eigenvalue weighted by molar-refractivity contribution is 7.86. The smallest absolute Gasteiger partial charge is 0.310 e. The highest BCUT2D eigenvalue weighted by Gasteiger charge is 2.22. The van der Waals surface area contributed by atoms with E-state index in [2.05, 4.69) is 4.98 Å². The number of benzene rings is 2. The lowest BCUT2D eigenvalue weighted by atomic mass is 9.99. The number of ether oxygens (including phenoxy) is 3. The summed E-state index contributed by atoms with van der Waals surface area (Å²) in [6.45, 7) is 7.71. The largest absolute Gasteiger partial charge is 0.497 e. The standard InChI is InChI=1S/C33H38FNO7S/c1-6-40-30(37)18-22-7-8-24(39-5)19-29(22)41-20-21-15-23-17-25(10-13-36)42-32(23)27(16-21)26-9-12-35-28(31(26)34)11-14-43(38)33(2,3)4/h7-9,12,15-17,19,36H,6,10-11,13-14,18,20H2,1-5H3/t43-/m1/s1. The number of aryl methyl sites for hydroxylation is 1. The van der Waals surface area contributed by atoms with Gasteiger partial charge in [-0.15, -0.1) is 0 Å². The maximum atomic E-state index is 16.0. The zero-order chi connectivity index (χ0) is 31.1. The fourth-order valence-corrected chi connectivity index (χ4v) is 5.61. The number of furan rings is 1. The molecule has 2 aromatic heterocycles. The van der Waals surface area contributed by atoms with E-state index in [1.54, 1.807) is 44.4 Å². The number of hydrogen-bond donors (Lipinski definition) is 1. The molecular formula is C33H38FNO7S. The van der Waals surface area contributed by atoms with E-state index < -0.39 is 21.4 Å². The van der Waals surface area contributed by atoms with E-state index in [4.69, 9.17) is 18.6 Å². The molecule has 2 heterocycles. The van der Waals surface area contributed by atoms with Crippen molar-refractivity contribution in [1.82, 2.24) is 4.98 Å². The minimum atomic E-state index is -1.16. The highest BCUT2D eigenvalue weighted by Crippen LogP contribution is 2.36. The third-order valence-electron chi connectivity index (χ3n) is 6.85. The maximum absolute atomic E-state index is 16.0. The molecule has 0 fully saturated rings. The van der Waals surface area contributed by atoms with Crippen molar-refractivity contribution >= 4 is 27.7 Å². The summed E-state index contributed by atoms with van der Waals surface area (Å²) in [6, 6.07) is 12.3. The molecule has 0 radical (unpaired) electrons. The molecule has 0 bridgehead atoms. The number of fused-ring (bicyclic) bond motifs is 1. The summed E-state index contributed by atoms with van der Waals surface area (Å²) in [5, 5.41) is 10.2. The molecule has 1 atom stereocenters. The number of aliphatic hydroxyl groups is 1. The predicted octanol–water partition coefficient (Wildman–Crippen LogP) is 5.95. The number of carbonyl (C=O) groups is 1. The Morgan fingerprint density at radius 2 is 1.88 bits per heavy atom. The fraction of sp³-hybridized carbons (Fsp3) is 0.394. The summed E-state index contributed by atoms with van der Waals surface area (Å²) in [5.41, 5.74) is 2.89. The molecule has 43 heavy (non-hydrogen) atoms. The van der Waals surface area contributed by atoms with Crippen molar-refractivity contribution in [1.29, 1.82) is 0 Å². The third-order valence-corrected chi connectivity index (χ3v) is 8.79. The molecule has 4 rings (SSSR count). The van der Waals surface area contributed by atoms with E-state index in [0.717, 1.165) is 10.9 Å². The first-order chi connectivity index (χ1) is 20.5. The molecule has 0 aliphatic heterocycles. The third kappa shape index (κ3) is 8.00. The molecule has 1 N–H and O–H groups in total. The van der Waals surface area contributed by atoms with Crippen LogP contribution in [0, 0.1) is 5.82 Å². The van der Waals surface area contributed by atoms with Crippen molar-refractivity contribution in [2.45, 2.75) is 58.3 Å². The lowest BCUT2D eigenvalue weighted by Crippen LogP contribution is -2.25. The van der Waals surface area contributed by atoms with Gasteiger partial charge in [-0.2, -0.15) is 0 Å². The number of pyridine rings is 1. The Morgan fingerprint density at radius 1 is 1.09 bits per heavy atom. The number of rotatable bonds is 13. The van der Waals surface area contributed by atoms with Gasteiger partial charge in [-0.1, -0.05) is 6.07 Å².